The number of hydrogen-bond donors (Lipinski definition) is 3. The van der Waals surface area contributed by atoms with Crippen molar-refractivity contribution >= 4 is 80.0 Å². The maximum atomic E-state index is 14.1. The molecule has 2 atom stereocenters. The van der Waals surface area contributed by atoms with E-state index in [1.165, 1.54) is 11.1 Å². The molecule has 5 aliphatic rings. The molecular formula is C39H58Cl5N5O7. The molecule has 5 heterocycles. The Labute approximate surface area is 361 Å². The standard InChI is InChI=1S/C39H53N5O7.5ClH/c45-37-27-50-15-9-43(37)23-29-1-3-31(35(17-29)25-41-5-11-48-12-6-41)19-33-21-40-22-34(39(33)47)20-32-4-2-30(24-44-10-16-51-28-38(44)46)18-36(32)26-42-7-13-49-14-8-42;;;;;/h1-4,17-20,37-38,40,45-46H,5-16,21-28H2;5*1H/b33-19+,34-20+;;;;;. The molecular weight excluding hydrogens is 828 g/mol. The molecule has 17 heteroatoms. The van der Waals surface area contributed by atoms with E-state index in [0.717, 1.165) is 99.1 Å². The minimum atomic E-state index is -0.609. The molecule has 0 aromatic heterocycles. The fourth-order valence-electron chi connectivity index (χ4n) is 7.47. The minimum absolute atomic E-state index is 0. The van der Waals surface area contributed by atoms with Gasteiger partial charge in [0, 0.05) is 89.7 Å². The lowest BCUT2D eigenvalue weighted by Crippen LogP contribution is -2.44. The first kappa shape index (κ1) is 50.7. The number of aliphatic hydroxyl groups is 2. The number of ketones is 1. The predicted molar refractivity (Wildman–Crippen MR) is 230 cm³/mol. The normalized spacial score (nSPS) is 24.3. The van der Waals surface area contributed by atoms with Crippen LogP contribution >= 0.6 is 62.0 Å². The molecule has 0 bridgehead atoms. The van der Waals surface area contributed by atoms with Crippen LogP contribution in [0, 0.1) is 0 Å². The highest BCUT2D eigenvalue weighted by Crippen LogP contribution is 2.26. The molecule has 12 nitrogen and oxygen atoms in total. The summed E-state index contributed by atoms with van der Waals surface area (Å²) in [7, 11) is 0. The molecule has 56 heavy (non-hydrogen) atoms. The summed E-state index contributed by atoms with van der Waals surface area (Å²) < 4.78 is 22.1. The van der Waals surface area contributed by atoms with Crippen LogP contribution < -0.4 is 5.32 Å². The number of carbonyl (C=O) groups is 1. The van der Waals surface area contributed by atoms with Gasteiger partial charge in [-0.25, -0.2) is 0 Å². The van der Waals surface area contributed by atoms with Crippen molar-refractivity contribution in [1.82, 2.24) is 24.9 Å². The molecule has 5 fully saturated rings. The van der Waals surface area contributed by atoms with Crippen LogP contribution in [0.3, 0.4) is 0 Å². The number of nitrogens with one attached hydrogen (secondary N) is 1. The second-order valence-corrected chi connectivity index (χ2v) is 14.2. The molecule has 2 unspecified atom stereocenters. The summed E-state index contributed by atoms with van der Waals surface area (Å²) in [5.41, 5.74) is 8.19. The van der Waals surface area contributed by atoms with Crippen LogP contribution in [0.2, 0.25) is 0 Å². The zero-order chi connectivity index (χ0) is 35.0. The highest BCUT2D eigenvalue weighted by atomic mass is 35.5. The molecule has 3 N–H and O–H groups in total. The molecule has 0 amide bonds. The number of rotatable bonds is 10. The smallest absolute Gasteiger partial charge is 0.187 e. The monoisotopic (exact) mass is 883 g/mol. The Bertz CT molecular complexity index is 1470. The Morgan fingerprint density at radius 2 is 0.964 bits per heavy atom. The van der Waals surface area contributed by atoms with E-state index in [0.29, 0.717) is 65.7 Å². The number of benzene rings is 2. The molecule has 5 saturated heterocycles. The first-order valence-electron chi connectivity index (χ1n) is 18.5. The van der Waals surface area contributed by atoms with Gasteiger partial charge in [-0.3, -0.25) is 24.4 Å². The van der Waals surface area contributed by atoms with Crippen molar-refractivity contribution in [3.63, 3.8) is 0 Å². The fraction of sp³-hybridized carbons (Fsp3) is 0.564. The molecule has 2 aromatic carbocycles. The highest BCUT2D eigenvalue weighted by Gasteiger charge is 2.25. The van der Waals surface area contributed by atoms with E-state index in [1.54, 1.807) is 0 Å². The van der Waals surface area contributed by atoms with Gasteiger partial charge in [0.2, 0.25) is 0 Å². The number of hydrogen-bond acceptors (Lipinski definition) is 12. The summed E-state index contributed by atoms with van der Waals surface area (Å²) >= 11 is 0. The van der Waals surface area contributed by atoms with Crippen molar-refractivity contribution in [2.45, 2.75) is 38.6 Å². The average Bonchev–Trinajstić information content (AvgIpc) is 3.15. The molecule has 0 saturated carbocycles. The van der Waals surface area contributed by atoms with E-state index in [-0.39, 0.29) is 67.8 Å². The van der Waals surface area contributed by atoms with E-state index in [4.69, 9.17) is 18.9 Å². The minimum Gasteiger partial charge on any atom is -0.379 e. The Balaban J connectivity index is 0.00000217. The van der Waals surface area contributed by atoms with Crippen molar-refractivity contribution in [3.8, 4) is 0 Å². The van der Waals surface area contributed by atoms with Gasteiger partial charge in [0.15, 0.2) is 5.78 Å². The zero-order valence-electron chi connectivity index (χ0n) is 31.7. The van der Waals surface area contributed by atoms with Gasteiger partial charge in [-0.1, -0.05) is 36.4 Å². The summed E-state index contributed by atoms with van der Waals surface area (Å²) in [5.74, 6) is 0.0735. The number of halogens is 5. The van der Waals surface area contributed by atoms with Gasteiger partial charge >= 0.3 is 0 Å². The molecule has 316 valence electrons. The molecule has 0 spiro atoms. The summed E-state index contributed by atoms with van der Waals surface area (Å²) in [6, 6.07) is 12.9. The average molecular weight is 886 g/mol. The van der Waals surface area contributed by atoms with Gasteiger partial charge < -0.3 is 34.5 Å². The quantitative estimate of drug-likeness (QED) is 0.304. The van der Waals surface area contributed by atoms with E-state index in [9.17, 15) is 15.0 Å². The largest absolute Gasteiger partial charge is 0.379 e. The first-order valence-corrected chi connectivity index (χ1v) is 18.5. The number of piperidine rings is 1. The third-order valence-corrected chi connectivity index (χ3v) is 10.5. The number of aliphatic hydroxyl groups excluding tert-OH is 2. The number of ether oxygens (including phenoxy) is 4. The number of carbonyl (C=O) groups excluding carboxylic acids is 1. The Hall–Kier alpha value is -1.40. The van der Waals surface area contributed by atoms with Crippen LogP contribution in [0.1, 0.15) is 33.4 Å². The molecule has 7 rings (SSSR count). The summed E-state index contributed by atoms with van der Waals surface area (Å²) in [6.45, 7) is 13.5. The Morgan fingerprint density at radius 3 is 1.36 bits per heavy atom. The SMILES string of the molecule is Cl.Cl.Cl.Cl.Cl.O=C1/C(=C/c2ccc(CN3CCOCC3O)cc2CN2CCOCC2)CNC/C1=C\c1ccc(CN2CCOCC2O)cc1CN1CCOCC1. The molecule has 2 aromatic rings. The lowest BCUT2D eigenvalue weighted by Gasteiger charge is -2.32. The van der Waals surface area contributed by atoms with Gasteiger partial charge in [-0.2, -0.15) is 0 Å². The van der Waals surface area contributed by atoms with Gasteiger partial charge in [-0.15, -0.1) is 62.0 Å². The van der Waals surface area contributed by atoms with Crippen LogP contribution in [0.5, 0.6) is 0 Å². The van der Waals surface area contributed by atoms with Crippen molar-refractivity contribution in [3.05, 3.63) is 80.9 Å². The first-order chi connectivity index (χ1) is 25.0. The van der Waals surface area contributed by atoms with Gasteiger partial charge in [-0.05, 0) is 45.5 Å². The lowest BCUT2D eigenvalue weighted by molar-refractivity contribution is -0.112. The summed E-state index contributed by atoms with van der Waals surface area (Å²) in [4.78, 5) is 23.0. The van der Waals surface area contributed by atoms with Gasteiger partial charge in [0.25, 0.3) is 0 Å². The predicted octanol–water partition coefficient (Wildman–Crippen LogP) is 3.40. The Morgan fingerprint density at radius 1 is 0.571 bits per heavy atom. The molecule has 5 aliphatic heterocycles. The van der Waals surface area contributed by atoms with Crippen molar-refractivity contribution in [2.24, 2.45) is 0 Å². The topological polar surface area (TPSA) is 119 Å². The van der Waals surface area contributed by atoms with Crippen LogP contribution in [-0.2, 0) is 49.9 Å². The van der Waals surface area contributed by atoms with Crippen LogP contribution in [0.15, 0.2) is 47.5 Å². The summed E-state index contributed by atoms with van der Waals surface area (Å²) in [5, 5.41) is 24.4. The number of nitrogens with zero attached hydrogens (tertiary/aromatic N) is 4. The van der Waals surface area contributed by atoms with E-state index < -0.39 is 12.5 Å². The van der Waals surface area contributed by atoms with Crippen molar-refractivity contribution < 1.29 is 34.0 Å². The molecule has 0 radical (unpaired) electrons. The second-order valence-electron chi connectivity index (χ2n) is 14.2. The number of Topliss-reactive ketones (excluding diaryl/α,β-unsaturated/α-hetero) is 1. The summed E-state index contributed by atoms with van der Waals surface area (Å²) in [6.07, 6.45) is 2.92. The fourth-order valence-corrected chi connectivity index (χ4v) is 7.47. The van der Waals surface area contributed by atoms with E-state index in [2.05, 4.69) is 63.7 Å². The van der Waals surface area contributed by atoms with E-state index >= 15 is 0 Å². The van der Waals surface area contributed by atoms with Crippen LogP contribution in [0.25, 0.3) is 12.2 Å². The van der Waals surface area contributed by atoms with Crippen LogP contribution in [-0.4, -0.2) is 153 Å². The van der Waals surface area contributed by atoms with Crippen molar-refractivity contribution in [2.75, 3.05) is 105 Å². The number of morpholine rings is 4. The van der Waals surface area contributed by atoms with Gasteiger partial charge in [0.05, 0.1) is 52.9 Å². The van der Waals surface area contributed by atoms with Crippen molar-refractivity contribution in [1.29, 1.82) is 0 Å². The maximum absolute atomic E-state index is 14.1. The Kier molecular flexibility index (Phi) is 22.9. The van der Waals surface area contributed by atoms with Gasteiger partial charge in [0.1, 0.15) is 12.5 Å². The highest BCUT2D eigenvalue weighted by molar-refractivity contribution is 6.14. The third kappa shape index (κ3) is 13.8. The van der Waals surface area contributed by atoms with Crippen LogP contribution in [0.4, 0.5) is 0 Å². The maximum Gasteiger partial charge on any atom is 0.187 e. The lowest BCUT2D eigenvalue weighted by atomic mass is 9.92. The third-order valence-electron chi connectivity index (χ3n) is 10.5. The van der Waals surface area contributed by atoms with E-state index in [1.807, 2.05) is 9.80 Å². The zero-order valence-corrected chi connectivity index (χ0v) is 35.8. The molecule has 0 aliphatic carbocycles. The second kappa shape index (κ2) is 25.3.